The van der Waals surface area contributed by atoms with E-state index in [1.165, 1.54) is 0 Å². The standard InChI is InChI=1S/C32H40ClN5O4.C31H40BN5O6.C31H43F2N5O4/c1-30(2,3)23-17-24(20-7-9-22(33)10-8-20)35-38-18-25(34-26(23)38)28(40)37-16-15-36(19-31(37,4)5)27(39)21-11-13-32(6,14-12-21)29(41)42;1-30(2,3)23-16-24(19-10-12-22(13-11-19)32(42)43)34-37-17-25(33-26(23)37)28(39)36-15-14-35(18-31(36,4)5)27(38)20-6-8-21(9-7-20)29(40)41;1-29(2,3)22-16-23(19-10-12-31(32,33)13-11-19)35-38-17-24(34-25(22)38)27(40)37-15-14-36(18-30(37,4)5)26(39)20-6-8-21(9-7-20)28(41)42/h7-10,17-18,21H,11-16,19H2,1-6H3,(H,41,42);10-13,16-17,20-21,42-43H,6-9,14-15,18H2,1-5H3,(H,40,41);16-17,19-21H,6-15,18H2,1-5H3,(H,41,42). The van der Waals surface area contributed by atoms with E-state index in [-0.39, 0.29) is 111 Å². The number of fused-ring (bicyclic) bond motifs is 3. The quantitative estimate of drug-likeness (QED) is 0.0669. The van der Waals surface area contributed by atoms with Crippen LogP contribution in [0.25, 0.3) is 39.5 Å². The zero-order valence-electron chi connectivity index (χ0n) is 76.1. The monoisotopic (exact) mass is 1770 g/mol. The van der Waals surface area contributed by atoms with Gasteiger partial charge in [-0.25, -0.2) is 37.3 Å². The lowest BCUT2D eigenvalue weighted by Gasteiger charge is -2.48. The number of imidazole rings is 3. The molecule has 0 unspecified atom stereocenters. The number of aliphatic carboxylic acids is 3. The molecule has 15 rings (SSSR count). The maximum Gasteiger partial charge on any atom is 0.488 e. The van der Waals surface area contributed by atoms with Gasteiger partial charge in [0.25, 0.3) is 17.7 Å². The lowest BCUT2D eigenvalue weighted by atomic mass is 9.71. The highest BCUT2D eigenvalue weighted by atomic mass is 35.5. The molecule has 3 saturated heterocycles. The van der Waals surface area contributed by atoms with Gasteiger partial charge < -0.3 is 54.8 Å². The normalized spacial score (nSPS) is 22.8. The molecule has 0 radical (unpaired) electrons. The molecule has 3 aliphatic heterocycles. The average Bonchev–Trinajstić information content (AvgIpc) is 1.51. The Labute approximate surface area is 745 Å². The van der Waals surface area contributed by atoms with E-state index in [2.05, 4.69) is 62.3 Å². The highest BCUT2D eigenvalue weighted by Gasteiger charge is 2.48. The van der Waals surface area contributed by atoms with Crippen LogP contribution in [0.15, 0.2) is 85.3 Å². The number of nitrogens with zero attached hydrogens (tertiary/aromatic N) is 15. The first-order valence-electron chi connectivity index (χ1n) is 44.6. The second-order valence-electron chi connectivity index (χ2n) is 41.4. The van der Waals surface area contributed by atoms with E-state index in [1.807, 2.05) is 98.7 Å². The topological polar surface area (TPSA) is 365 Å². The average molecular weight is 1770 g/mol. The summed E-state index contributed by atoms with van der Waals surface area (Å²) in [7, 11) is -1.56. The van der Waals surface area contributed by atoms with Crippen LogP contribution in [0.1, 0.15) is 273 Å². The number of carboxylic acids is 3. The third-order valence-corrected chi connectivity index (χ3v) is 27.6. The summed E-state index contributed by atoms with van der Waals surface area (Å²) >= 11 is 6.10. The van der Waals surface area contributed by atoms with E-state index in [0.717, 1.165) is 39.2 Å². The van der Waals surface area contributed by atoms with Gasteiger partial charge in [-0.3, -0.25) is 43.2 Å². The van der Waals surface area contributed by atoms with Crippen LogP contribution in [0.2, 0.25) is 5.02 Å². The van der Waals surface area contributed by atoms with Crippen LogP contribution in [0.3, 0.4) is 0 Å². The van der Waals surface area contributed by atoms with Crippen LogP contribution in [-0.4, -0.2) is 240 Å². The van der Waals surface area contributed by atoms with Gasteiger partial charge in [0.15, 0.2) is 16.9 Å². The Balaban J connectivity index is 0.000000163. The number of hydrogen-bond acceptors (Lipinski definition) is 17. The maximum atomic E-state index is 13.9. The summed E-state index contributed by atoms with van der Waals surface area (Å²) in [5, 5.41) is 62.0. The first-order valence-corrected chi connectivity index (χ1v) is 45.0. The van der Waals surface area contributed by atoms with Crippen molar-refractivity contribution < 1.29 is 77.3 Å². The fraction of sp³-hybridized carbons (Fsp3) is 0.585. The summed E-state index contributed by atoms with van der Waals surface area (Å²) in [6, 6.07) is 20.3. The Hall–Kier alpha value is -10.3. The van der Waals surface area contributed by atoms with E-state index in [0.29, 0.717) is 188 Å². The lowest BCUT2D eigenvalue weighted by Crippen LogP contribution is -2.62. The van der Waals surface area contributed by atoms with E-state index >= 15 is 0 Å². The van der Waals surface area contributed by atoms with Crippen molar-refractivity contribution in [3.63, 3.8) is 0 Å². The van der Waals surface area contributed by atoms with Crippen molar-refractivity contribution in [2.24, 2.45) is 35.0 Å². The third-order valence-electron chi connectivity index (χ3n) is 27.3. The van der Waals surface area contributed by atoms with Crippen LogP contribution >= 0.6 is 11.6 Å². The van der Waals surface area contributed by atoms with Crippen LogP contribution in [0.5, 0.6) is 0 Å². The largest absolute Gasteiger partial charge is 0.488 e. The second kappa shape index (κ2) is 36.0. The highest BCUT2D eigenvalue weighted by Crippen LogP contribution is 2.45. The number of alkyl halides is 2. The summed E-state index contributed by atoms with van der Waals surface area (Å²) in [5.74, 6) is -6.84. The molecule has 0 spiro atoms. The van der Waals surface area contributed by atoms with E-state index in [9.17, 15) is 77.3 Å². The van der Waals surface area contributed by atoms with Gasteiger partial charge in [0.2, 0.25) is 23.6 Å². The summed E-state index contributed by atoms with van der Waals surface area (Å²) in [6.07, 6.45) is 11.9. The second-order valence-corrected chi connectivity index (χ2v) is 41.9. The zero-order valence-corrected chi connectivity index (χ0v) is 76.8. The molecule has 9 heterocycles. The van der Waals surface area contributed by atoms with E-state index < -0.39 is 53.0 Å². The SMILES string of the molecule is CC(C)(C)c1cc(-c2ccc(B(O)O)cc2)nn2cc(C(=O)N3CCN(C(=O)C4CCC(C(=O)O)CC4)CC3(C)C)nc12.CC(C)(C)c1cc(C2CCC(F)(F)CC2)nn2cc(C(=O)N3CCN(C(=O)C4CCC(C(=O)O)CC4)CC3(C)C)nc12.CC1(C(=O)O)CCC(C(=O)N2CCN(C(=O)c3cn4nc(-c5ccc(Cl)cc5)cc(C(C)(C)C)c4n3)C(C)(C)C2)CC1. The molecule has 7 fully saturated rings. The highest BCUT2D eigenvalue weighted by molar-refractivity contribution is 6.58. The van der Waals surface area contributed by atoms with Gasteiger partial charge in [-0.15, -0.1) is 0 Å². The van der Waals surface area contributed by atoms with Crippen LogP contribution in [0.4, 0.5) is 8.78 Å². The molecule has 7 aliphatic rings. The lowest BCUT2D eigenvalue weighted by molar-refractivity contribution is -0.153. The molecule has 5 N–H and O–H groups in total. The number of piperazine rings is 3. The van der Waals surface area contributed by atoms with E-state index in [4.69, 9.17) is 41.8 Å². The molecular formula is C94H123BClF2N15O14. The van der Waals surface area contributed by atoms with Crippen LogP contribution in [0, 0.1) is 35.0 Å². The number of aromatic nitrogens is 9. The first kappa shape index (κ1) is 94.3. The molecule has 682 valence electrons. The Kier molecular flexibility index (Phi) is 26.7. The summed E-state index contributed by atoms with van der Waals surface area (Å²) in [5.41, 5.74) is 6.23. The molecule has 6 amide bonds. The van der Waals surface area contributed by atoms with Gasteiger partial charge in [0.05, 0.1) is 69.5 Å². The Morgan fingerprint density at radius 3 is 1.05 bits per heavy atom. The van der Waals surface area contributed by atoms with Gasteiger partial charge in [-0.05, 0) is 190 Å². The molecule has 29 nitrogen and oxygen atoms in total. The fourth-order valence-electron chi connectivity index (χ4n) is 19.4. The smallest absolute Gasteiger partial charge is 0.481 e. The minimum absolute atomic E-state index is 0.0405. The van der Waals surface area contributed by atoms with Gasteiger partial charge in [-0.2, -0.15) is 15.3 Å². The van der Waals surface area contributed by atoms with Crippen molar-refractivity contribution in [3.05, 3.63) is 130 Å². The van der Waals surface area contributed by atoms with Crippen molar-refractivity contribution in [2.45, 2.75) is 258 Å². The minimum atomic E-state index is -2.62. The Bertz CT molecular complexity index is 5500. The van der Waals surface area contributed by atoms with Crippen molar-refractivity contribution in [1.29, 1.82) is 0 Å². The van der Waals surface area contributed by atoms with Crippen molar-refractivity contribution in [1.82, 2.24) is 73.2 Å². The minimum Gasteiger partial charge on any atom is -0.481 e. The van der Waals surface area contributed by atoms with Gasteiger partial charge in [-0.1, -0.05) is 110 Å². The Morgan fingerprint density at radius 1 is 0.417 bits per heavy atom. The number of carboxylic acid groups (broad SMARTS) is 3. The molecule has 8 aromatic rings. The number of halogens is 3. The molecule has 2 aromatic carbocycles. The van der Waals surface area contributed by atoms with Crippen molar-refractivity contribution >= 4 is 94.5 Å². The maximum absolute atomic E-state index is 13.9. The molecule has 4 aliphatic carbocycles. The molecule has 0 atom stereocenters. The van der Waals surface area contributed by atoms with E-state index in [1.54, 1.807) is 78.0 Å². The molecule has 0 bridgehead atoms. The van der Waals surface area contributed by atoms with Gasteiger partial charge >= 0.3 is 25.0 Å². The third kappa shape index (κ3) is 20.5. The first-order chi connectivity index (χ1) is 59.3. The molecule has 33 heteroatoms. The predicted molar refractivity (Wildman–Crippen MR) is 476 cm³/mol. The molecule has 127 heavy (non-hydrogen) atoms. The Morgan fingerprint density at radius 2 is 0.732 bits per heavy atom. The van der Waals surface area contributed by atoms with Crippen molar-refractivity contribution in [3.8, 4) is 22.5 Å². The van der Waals surface area contributed by atoms with Crippen LogP contribution < -0.4 is 5.46 Å². The zero-order chi connectivity index (χ0) is 92.5. The molecule has 6 aromatic heterocycles. The number of carbonyl (C=O) groups is 9. The number of amides is 6. The molecule has 4 saturated carbocycles. The number of hydrogen-bond donors (Lipinski definition) is 5. The molecular weight excluding hydrogens is 1650 g/mol. The summed E-state index contributed by atoms with van der Waals surface area (Å²) in [6.45, 7) is 35.7. The summed E-state index contributed by atoms with van der Waals surface area (Å²) < 4.78 is 32.6. The number of benzene rings is 2. The summed E-state index contributed by atoms with van der Waals surface area (Å²) in [4.78, 5) is 141. The number of rotatable bonds is 13. The van der Waals surface area contributed by atoms with Gasteiger partial charge in [0, 0.05) is 128 Å². The van der Waals surface area contributed by atoms with Gasteiger partial charge in [0.1, 0.15) is 17.1 Å². The van der Waals surface area contributed by atoms with Crippen LogP contribution in [-0.2, 0) is 45.0 Å². The number of carbonyl (C=O) groups excluding carboxylic acids is 6. The fourth-order valence-corrected chi connectivity index (χ4v) is 19.5. The predicted octanol–water partition coefficient (Wildman–Crippen LogP) is 13.3. The van der Waals surface area contributed by atoms with Crippen molar-refractivity contribution in [2.75, 3.05) is 58.9 Å².